The third-order valence-electron chi connectivity index (χ3n) is 5.78. The normalized spacial score (nSPS) is 23.2. The summed E-state index contributed by atoms with van der Waals surface area (Å²) in [6.45, 7) is 2.95. The fourth-order valence-electron chi connectivity index (χ4n) is 4.12. The van der Waals surface area contributed by atoms with Gasteiger partial charge in [0.15, 0.2) is 0 Å². The molecule has 0 saturated carbocycles. The lowest BCUT2D eigenvalue weighted by atomic mass is 10.0. The summed E-state index contributed by atoms with van der Waals surface area (Å²) in [4.78, 5) is 27.6. The molecular weight excluding hydrogens is 368 g/mol. The van der Waals surface area contributed by atoms with Crippen LogP contribution in [0.3, 0.4) is 0 Å². The highest BCUT2D eigenvalue weighted by Crippen LogP contribution is 2.23. The van der Waals surface area contributed by atoms with Gasteiger partial charge in [0.2, 0.25) is 5.91 Å². The van der Waals surface area contributed by atoms with Gasteiger partial charge in [-0.1, -0.05) is 25.7 Å². The fraction of sp³-hybridized carbons (Fsp3) is 0.619. The second-order valence-electron chi connectivity index (χ2n) is 7.95. The first-order chi connectivity index (χ1) is 14.3. The molecule has 0 aromatic carbocycles. The number of anilines is 1. The van der Waals surface area contributed by atoms with Crippen molar-refractivity contribution < 1.29 is 9.53 Å². The maximum absolute atomic E-state index is 13.0. The number of nitrogens with one attached hydrogen (secondary N) is 1. The lowest BCUT2D eigenvalue weighted by molar-refractivity contribution is -0.135. The molecule has 4 rings (SSSR count). The molecule has 8 heteroatoms. The number of amides is 1. The zero-order valence-electron chi connectivity index (χ0n) is 16.9. The summed E-state index contributed by atoms with van der Waals surface area (Å²) in [6.07, 6.45) is 14.9. The molecule has 0 bridgehead atoms. The molecule has 2 aliphatic rings. The smallest absolute Gasteiger partial charge is 0.228 e. The summed E-state index contributed by atoms with van der Waals surface area (Å²) in [6, 6.07) is 1.88. The van der Waals surface area contributed by atoms with E-state index in [2.05, 4.69) is 25.2 Å². The second kappa shape index (κ2) is 9.82. The summed E-state index contributed by atoms with van der Waals surface area (Å²) in [5, 5.41) is 3.32. The molecule has 2 saturated heterocycles. The quantitative estimate of drug-likeness (QED) is 0.833. The van der Waals surface area contributed by atoms with Crippen molar-refractivity contribution in [1.82, 2.24) is 24.4 Å². The van der Waals surface area contributed by atoms with Crippen LogP contribution in [0, 0.1) is 5.92 Å². The zero-order valence-corrected chi connectivity index (χ0v) is 16.9. The van der Waals surface area contributed by atoms with E-state index in [0.717, 1.165) is 44.0 Å². The molecule has 1 amide bonds. The lowest BCUT2D eigenvalue weighted by Crippen LogP contribution is -2.38. The van der Waals surface area contributed by atoms with Gasteiger partial charge in [0, 0.05) is 38.1 Å². The van der Waals surface area contributed by atoms with E-state index in [1.54, 1.807) is 12.5 Å². The Labute approximate surface area is 171 Å². The van der Waals surface area contributed by atoms with Crippen LogP contribution in [0.4, 0.5) is 5.82 Å². The molecule has 0 unspecified atom stereocenters. The first kappa shape index (κ1) is 19.8. The van der Waals surface area contributed by atoms with E-state index in [0.29, 0.717) is 13.2 Å². The van der Waals surface area contributed by atoms with Crippen LogP contribution in [-0.4, -0.2) is 62.7 Å². The Morgan fingerprint density at radius 2 is 1.93 bits per heavy atom. The predicted molar refractivity (Wildman–Crippen MR) is 110 cm³/mol. The van der Waals surface area contributed by atoms with E-state index in [-0.39, 0.29) is 17.9 Å². The Balaban J connectivity index is 1.27. The van der Waals surface area contributed by atoms with Crippen molar-refractivity contribution in [2.24, 2.45) is 5.92 Å². The molecule has 2 fully saturated rings. The van der Waals surface area contributed by atoms with Gasteiger partial charge in [-0.15, -0.1) is 0 Å². The van der Waals surface area contributed by atoms with Crippen LogP contribution in [0.15, 0.2) is 31.1 Å². The molecule has 2 aliphatic heterocycles. The van der Waals surface area contributed by atoms with E-state index < -0.39 is 0 Å². The topological polar surface area (TPSA) is 85.2 Å². The molecule has 2 aromatic heterocycles. The maximum Gasteiger partial charge on any atom is 0.228 e. The van der Waals surface area contributed by atoms with Crippen LogP contribution in [0.2, 0.25) is 0 Å². The Hall–Kier alpha value is -2.48. The number of hydrogen-bond donors (Lipinski definition) is 1. The van der Waals surface area contributed by atoms with Gasteiger partial charge in [-0.25, -0.2) is 15.0 Å². The van der Waals surface area contributed by atoms with Crippen molar-refractivity contribution in [1.29, 1.82) is 0 Å². The molecule has 0 radical (unpaired) electrons. The summed E-state index contributed by atoms with van der Waals surface area (Å²) >= 11 is 0. The third-order valence-corrected chi connectivity index (χ3v) is 5.78. The Morgan fingerprint density at radius 3 is 2.69 bits per heavy atom. The minimum Gasteiger partial charge on any atom is -0.376 e. The summed E-state index contributed by atoms with van der Waals surface area (Å²) in [5.74, 6) is 1.75. The van der Waals surface area contributed by atoms with Crippen molar-refractivity contribution in [2.75, 3.05) is 31.6 Å². The molecule has 0 aliphatic carbocycles. The Bertz CT molecular complexity index is 771. The summed E-state index contributed by atoms with van der Waals surface area (Å²) < 4.78 is 7.75. The first-order valence-electron chi connectivity index (χ1n) is 10.7. The van der Waals surface area contributed by atoms with Gasteiger partial charge < -0.3 is 15.0 Å². The maximum atomic E-state index is 13.0. The van der Waals surface area contributed by atoms with Crippen LogP contribution in [0.25, 0.3) is 5.82 Å². The third kappa shape index (κ3) is 5.32. The minimum absolute atomic E-state index is 0.0190. The Kier molecular flexibility index (Phi) is 6.71. The molecule has 2 aromatic rings. The number of aromatic nitrogens is 4. The van der Waals surface area contributed by atoms with Gasteiger partial charge >= 0.3 is 0 Å². The SMILES string of the molecule is O=C([C@@H]1CO[C@H](CNc2cc(-n3ccnc3)ncn2)C1)N1CCCCCCCC1. The highest BCUT2D eigenvalue weighted by molar-refractivity contribution is 5.79. The molecule has 29 heavy (non-hydrogen) atoms. The average molecular weight is 399 g/mol. The van der Waals surface area contributed by atoms with E-state index in [1.165, 1.54) is 32.0 Å². The van der Waals surface area contributed by atoms with Crippen molar-refractivity contribution in [2.45, 2.75) is 51.0 Å². The van der Waals surface area contributed by atoms with Crippen LogP contribution >= 0.6 is 0 Å². The van der Waals surface area contributed by atoms with Crippen LogP contribution in [0.5, 0.6) is 0 Å². The van der Waals surface area contributed by atoms with Gasteiger partial charge in [-0.05, 0) is 19.3 Å². The monoisotopic (exact) mass is 398 g/mol. The Morgan fingerprint density at radius 1 is 1.14 bits per heavy atom. The van der Waals surface area contributed by atoms with Crippen molar-refractivity contribution in [3.8, 4) is 5.82 Å². The number of carbonyl (C=O) groups is 1. The molecular formula is C21H30N6O2. The van der Waals surface area contributed by atoms with Crippen LogP contribution in [-0.2, 0) is 9.53 Å². The number of nitrogens with zero attached hydrogens (tertiary/aromatic N) is 5. The van der Waals surface area contributed by atoms with E-state index in [1.807, 2.05) is 16.8 Å². The van der Waals surface area contributed by atoms with Gasteiger partial charge in [0.1, 0.15) is 24.3 Å². The number of rotatable bonds is 5. The summed E-state index contributed by atoms with van der Waals surface area (Å²) in [7, 11) is 0. The van der Waals surface area contributed by atoms with Crippen molar-refractivity contribution >= 4 is 11.7 Å². The highest BCUT2D eigenvalue weighted by Gasteiger charge is 2.33. The van der Waals surface area contributed by atoms with Crippen molar-refractivity contribution in [3.63, 3.8) is 0 Å². The van der Waals surface area contributed by atoms with Crippen LogP contribution in [0.1, 0.15) is 44.9 Å². The largest absolute Gasteiger partial charge is 0.376 e. The first-order valence-corrected chi connectivity index (χ1v) is 10.7. The zero-order chi connectivity index (χ0) is 19.9. The molecule has 156 valence electrons. The van der Waals surface area contributed by atoms with E-state index >= 15 is 0 Å². The minimum atomic E-state index is -0.0190. The summed E-state index contributed by atoms with van der Waals surface area (Å²) in [5.41, 5.74) is 0. The van der Waals surface area contributed by atoms with E-state index in [4.69, 9.17) is 4.74 Å². The van der Waals surface area contributed by atoms with Crippen LogP contribution < -0.4 is 5.32 Å². The van der Waals surface area contributed by atoms with E-state index in [9.17, 15) is 4.79 Å². The predicted octanol–water partition coefficient (Wildman–Crippen LogP) is 2.66. The molecule has 8 nitrogen and oxygen atoms in total. The number of imidazole rings is 1. The fourth-order valence-corrected chi connectivity index (χ4v) is 4.12. The highest BCUT2D eigenvalue weighted by atomic mass is 16.5. The van der Waals surface area contributed by atoms with Gasteiger partial charge in [-0.3, -0.25) is 9.36 Å². The number of hydrogen-bond acceptors (Lipinski definition) is 6. The average Bonchev–Trinajstić information content (AvgIpc) is 3.46. The molecule has 4 heterocycles. The molecule has 1 N–H and O–H groups in total. The molecule has 2 atom stereocenters. The second-order valence-corrected chi connectivity index (χ2v) is 7.95. The molecule has 0 spiro atoms. The van der Waals surface area contributed by atoms with Gasteiger partial charge in [0.25, 0.3) is 0 Å². The number of ether oxygens (including phenoxy) is 1. The lowest BCUT2D eigenvalue weighted by Gasteiger charge is -2.24. The van der Waals surface area contributed by atoms with Gasteiger partial charge in [-0.2, -0.15) is 0 Å². The van der Waals surface area contributed by atoms with Crippen molar-refractivity contribution in [3.05, 3.63) is 31.1 Å². The number of carbonyl (C=O) groups excluding carboxylic acids is 1. The van der Waals surface area contributed by atoms with Gasteiger partial charge in [0.05, 0.1) is 18.6 Å². The standard InChI is InChI=1S/C21H30N6O2/c28-21(26-8-5-3-1-2-4-6-9-26)17-11-18(29-14-17)13-23-19-12-20(25-15-24-19)27-10-7-22-16-27/h7,10,12,15-18H,1-6,8-9,11,13-14H2,(H,23,24,25)/t17-,18-/m0/s1.